The number of aryl methyl sites for hydroxylation is 1. The lowest BCUT2D eigenvalue weighted by atomic mass is 9.79. The second-order valence-corrected chi connectivity index (χ2v) is 9.80. The smallest absolute Gasteiger partial charge is 0.307 e. The van der Waals surface area contributed by atoms with Crippen LogP contribution in [0, 0.1) is 11.8 Å². The summed E-state index contributed by atoms with van der Waals surface area (Å²) in [6, 6.07) is 0.214. The first-order chi connectivity index (χ1) is 14.0. The van der Waals surface area contributed by atoms with E-state index < -0.39 is 17.8 Å². The maximum Gasteiger partial charge on any atom is 0.307 e. The van der Waals surface area contributed by atoms with Crippen LogP contribution in [0.3, 0.4) is 0 Å². The van der Waals surface area contributed by atoms with Gasteiger partial charge < -0.3 is 15.7 Å². The van der Waals surface area contributed by atoms with Gasteiger partial charge in [-0.15, -0.1) is 11.3 Å². The van der Waals surface area contributed by atoms with Gasteiger partial charge in [-0.05, 0) is 50.5 Å². The number of carbonyl (C=O) groups excluding carboxylic acids is 2. The molecule has 1 aromatic heterocycles. The van der Waals surface area contributed by atoms with Crippen LogP contribution in [0.25, 0.3) is 0 Å². The molecule has 1 aromatic rings. The van der Waals surface area contributed by atoms with E-state index >= 15 is 0 Å². The number of hydrogen-bond acceptors (Lipinski definition) is 4. The zero-order valence-electron chi connectivity index (χ0n) is 16.8. The molecule has 0 spiro atoms. The fourth-order valence-corrected chi connectivity index (χ4v) is 6.47. The number of anilines is 1. The maximum atomic E-state index is 13.1. The van der Waals surface area contributed by atoms with Crippen LogP contribution in [-0.4, -0.2) is 28.9 Å². The van der Waals surface area contributed by atoms with E-state index in [1.807, 2.05) is 0 Å². The number of amides is 2. The molecule has 2 saturated carbocycles. The predicted octanol–water partition coefficient (Wildman–Crippen LogP) is 4.13. The van der Waals surface area contributed by atoms with Crippen LogP contribution < -0.4 is 10.6 Å². The largest absolute Gasteiger partial charge is 0.481 e. The third-order valence-electron chi connectivity index (χ3n) is 6.75. The van der Waals surface area contributed by atoms with E-state index in [1.165, 1.54) is 22.6 Å². The van der Waals surface area contributed by atoms with E-state index in [2.05, 4.69) is 10.6 Å². The van der Waals surface area contributed by atoms with Crippen LogP contribution in [0.5, 0.6) is 0 Å². The Kier molecular flexibility index (Phi) is 6.23. The minimum absolute atomic E-state index is 0.0787. The number of carboxylic acids is 1. The molecule has 0 saturated heterocycles. The molecule has 6 nitrogen and oxygen atoms in total. The van der Waals surface area contributed by atoms with Gasteiger partial charge >= 0.3 is 5.97 Å². The summed E-state index contributed by atoms with van der Waals surface area (Å²) in [7, 11) is 0. The Labute approximate surface area is 175 Å². The van der Waals surface area contributed by atoms with Gasteiger partial charge in [0, 0.05) is 10.9 Å². The molecule has 0 aromatic carbocycles. The number of carboxylic acid groups (broad SMARTS) is 1. The zero-order valence-corrected chi connectivity index (χ0v) is 17.6. The monoisotopic (exact) mass is 418 g/mol. The number of rotatable bonds is 5. The van der Waals surface area contributed by atoms with E-state index in [-0.39, 0.29) is 17.9 Å². The van der Waals surface area contributed by atoms with Gasteiger partial charge in [0.05, 0.1) is 17.4 Å². The highest BCUT2D eigenvalue weighted by Crippen LogP contribution is 2.40. The van der Waals surface area contributed by atoms with Crippen molar-refractivity contribution in [2.24, 2.45) is 11.8 Å². The molecular formula is C22H30N2O4S. The molecule has 7 heteroatoms. The fourth-order valence-electron chi connectivity index (χ4n) is 5.18. The highest BCUT2D eigenvalue weighted by molar-refractivity contribution is 7.17. The molecule has 2 fully saturated rings. The first-order valence-electron chi connectivity index (χ1n) is 11.0. The lowest BCUT2D eigenvalue weighted by Crippen LogP contribution is -2.38. The summed E-state index contributed by atoms with van der Waals surface area (Å²) >= 11 is 1.50. The summed E-state index contributed by atoms with van der Waals surface area (Å²) in [5, 5.41) is 16.3. The van der Waals surface area contributed by atoms with E-state index in [9.17, 15) is 19.5 Å². The van der Waals surface area contributed by atoms with Crippen molar-refractivity contribution in [2.75, 3.05) is 5.32 Å². The number of fused-ring (bicyclic) bond motifs is 1. The molecule has 158 valence electrons. The average molecular weight is 419 g/mol. The van der Waals surface area contributed by atoms with Crippen molar-refractivity contribution < 1.29 is 19.5 Å². The molecule has 2 amide bonds. The molecule has 0 radical (unpaired) electrons. The normalized spacial score (nSPS) is 24.7. The SMILES string of the molecule is O=C(NC1CCCCC1)c1c(NC(=O)[C@@H]2CCCC[C@H]2C(=O)O)sc2c1CCC2. The summed E-state index contributed by atoms with van der Waals surface area (Å²) in [6.45, 7) is 0. The van der Waals surface area contributed by atoms with Gasteiger partial charge in [0.15, 0.2) is 0 Å². The maximum absolute atomic E-state index is 13.1. The van der Waals surface area contributed by atoms with Crippen molar-refractivity contribution in [2.45, 2.75) is 83.1 Å². The van der Waals surface area contributed by atoms with Gasteiger partial charge in [-0.2, -0.15) is 0 Å². The first-order valence-corrected chi connectivity index (χ1v) is 11.9. The second kappa shape index (κ2) is 8.86. The van der Waals surface area contributed by atoms with Crippen molar-refractivity contribution in [3.63, 3.8) is 0 Å². The molecule has 2 atom stereocenters. The number of thiophene rings is 1. The Balaban J connectivity index is 1.53. The Morgan fingerprint density at radius 2 is 1.55 bits per heavy atom. The third-order valence-corrected chi connectivity index (χ3v) is 7.95. The molecular weight excluding hydrogens is 388 g/mol. The average Bonchev–Trinajstić information content (AvgIpc) is 3.29. The number of nitrogens with one attached hydrogen (secondary N) is 2. The van der Waals surface area contributed by atoms with Crippen molar-refractivity contribution in [1.82, 2.24) is 5.32 Å². The van der Waals surface area contributed by atoms with Crippen LogP contribution in [0.2, 0.25) is 0 Å². The van der Waals surface area contributed by atoms with E-state index in [4.69, 9.17) is 0 Å². The Bertz CT molecular complexity index is 797. The zero-order chi connectivity index (χ0) is 20.4. The molecule has 1 heterocycles. The second-order valence-electron chi connectivity index (χ2n) is 8.69. The summed E-state index contributed by atoms with van der Waals surface area (Å²) in [4.78, 5) is 38.9. The summed E-state index contributed by atoms with van der Waals surface area (Å²) in [5.41, 5.74) is 1.71. The quantitative estimate of drug-likeness (QED) is 0.670. The number of carbonyl (C=O) groups is 3. The topological polar surface area (TPSA) is 95.5 Å². The van der Waals surface area contributed by atoms with E-state index in [0.29, 0.717) is 23.4 Å². The molecule has 29 heavy (non-hydrogen) atoms. The summed E-state index contributed by atoms with van der Waals surface area (Å²) in [6.07, 6.45) is 11.3. The molecule has 0 unspecified atom stereocenters. The van der Waals surface area contributed by atoms with Crippen molar-refractivity contribution in [3.8, 4) is 0 Å². The van der Waals surface area contributed by atoms with Gasteiger partial charge in [-0.1, -0.05) is 32.1 Å². The van der Waals surface area contributed by atoms with Gasteiger partial charge in [0.1, 0.15) is 5.00 Å². The minimum atomic E-state index is -0.895. The van der Waals surface area contributed by atoms with Crippen LogP contribution in [-0.2, 0) is 22.4 Å². The molecule has 3 aliphatic rings. The van der Waals surface area contributed by atoms with Crippen LogP contribution in [0.1, 0.15) is 85.0 Å². The summed E-state index contributed by atoms with van der Waals surface area (Å²) in [5.74, 6) is -2.37. The third kappa shape index (κ3) is 4.34. The van der Waals surface area contributed by atoms with Gasteiger partial charge in [0.25, 0.3) is 5.91 Å². The van der Waals surface area contributed by atoms with Gasteiger partial charge in [-0.3, -0.25) is 14.4 Å². The first kappa shape index (κ1) is 20.4. The Hall–Kier alpha value is -1.89. The van der Waals surface area contributed by atoms with Crippen LogP contribution in [0.15, 0.2) is 0 Å². The Morgan fingerprint density at radius 3 is 2.28 bits per heavy atom. The highest BCUT2D eigenvalue weighted by atomic mass is 32.1. The Morgan fingerprint density at radius 1 is 0.862 bits per heavy atom. The molecule has 0 aliphatic heterocycles. The summed E-state index contributed by atoms with van der Waals surface area (Å²) < 4.78 is 0. The van der Waals surface area contributed by atoms with E-state index in [1.54, 1.807) is 0 Å². The van der Waals surface area contributed by atoms with Crippen molar-refractivity contribution in [3.05, 3.63) is 16.0 Å². The lowest BCUT2D eigenvalue weighted by Gasteiger charge is -2.27. The van der Waals surface area contributed by atoms with E-state index in [0.717, 1.165) is 63.4 Å². The van der Waals surface area contributed by atoms with Crippen molar-refractivity contribution in [1.29, 1.82) is 0 Å². The molecule has 3 aliphatic carbocycles. The van der Waals surface area contributed by atoms with Gasteiger partial charge in [-0.25, -0.2) is 0 Å². The fraction of sp³-hybridized carbons (Fsp3) is 0.682. The predicted molar refractivity (Wildman–Crippen MR) is 112 cm³/mol. The minimum Gasteiger partial charge on any atom is -0.481 e. The highest BCUT2D eigenvalue weighted by Gasteiger charge is 2.37. The van der Waals surface area contributed by atoms with Crippen LogP contribution in [0.4, 0.5) is 5.00 Å². The standard InChI is InChI=1S/C22H30N2O4S/c25-19(14-9-4-5-10-15(14)22(27)28)24-21-18(16-11-6-12-17(16)29-21)20(26)23-13-7-2-1-3-8-13/h13-15H,1-12H2,(H,23,26)(H,24,25)(H,27,28)/t14-,15-/m1/s1. The van der Waals surface area contributed by atoms with Crippen LogP contribution >= 0.6 is 11.3 Å². The molecule has 0 bridgehead atoms. The molecule has 4 rings (SSSR count). The van der Waals surface area contributed by atoms with Crippen molar-refractivity contribution >= 4 is 34.1 Å². The number of aliphatic carboxylic acids is 1. The molecule has 3 N–H and O–H groups in total. The lowest BCUT2D eigenvalue weighted by molar-refractivity contribution is -0.147. The number of hydrogen-bond donors (Lipinski definition) is 3. The van der Waals surface area contributed by atoms with Gasteiger partial charge in [0.2, 0.25) is 5.91 Å².